The number of benzene rings is 3. The zero-order valence-electron chi connectivity index (χ0n) is 25.7. The van der Waals surface area contributed by atoms with Crippen molar-refractivity contribution in [1.82, 2.24) is 0 Å². The van der Waals surface area contributed by atoms with E-state index in [9.17, 15) is 22.8 Å². The van der Waals surface area contributed by atoms with Gasteiger partial charge in [0.15, 0.2) is 0 Å². The van der Waals surface area contributed by atoms with Crippen LogP contribution in [0.4, 0.5) is 18.0 Å². The quantitative estimate of drug-likeness (QED) is 0.0862. The van der Waals surface area contributed by atoms with Crippen LogP contribution in [0.3, 0.4) is 0 Å². The lowest BCUT2D eigenvalue weighted by Gasteiger charge is -2.19. The number of rotatable bonds is 17. The Morgan fingerprint density at radius 2 is 1.32 bits per heavy atom. The molecule has 0 N–H and O–H groups in total. The maximum Gasteiger partial charge on any atom is 0.517 e. The third kappa shape index (κ3) is 11.4. The monoisotopic (exact) mass is 612 g/mol. The summed E-state index contributed by atoms with van der Waals surface area (Å²) >= 11 is 0. The molecule has 0 saturated carbocycles. The van der Waals surface area contributed by atoms with Crippen molar-refractivity contribution in [2.24, 2.45) is 0 Å². The first-order valence-electron chi connectivity index (χ1n) is 15.6. The van der Waals surface area contributed by atoms with Gasteiger partial charge in [-0.3, -0.25) is 0 Å². The standard InChI is InChI=1S/C36H43F3O5/c1-3-5-7-8-9-10-11-15-25-42-30-22-19-28(20-23-30)31-24-21-29(26-32(31)27-16-13-12-14-17-27)34(40)44-35(41)43-33(18-6-4-2)36(37,38)39/h12-14,16-17,19-24,26,33H,3-11,15,18,25H2,1-2H3. The van der Waals surface area contributed by atoms with Crippen LogP contribution in [0.15, 0.2) is 72.8 Å². The zero-order chi connectivity index (χ0) is 31.8. The summed E-state index contributed by atoms with van der Waals surface area (Å²) < 4.78 is 54.9. The molecule has 0 aliphatic heterocycles. The Balaban J connectivity index is 1.67. The Bertz CT molecular complexity index is 1290. The summed E-state index contributed by atoms with van der Waals surface area (Å²) in [5.74, 6) is -0.326. The fraction of sp³-hybridized carbons (Fsp3) is 0.444. The van der Waals surface area contributed by atoms with E-state index in [0.29, 0.717) is 18.6 Å². The highest BCUT2D eigenvalue weighted by atomic mass is 19.4. The van der Waals surface area contributed by atoms with Gasteiger partial charge in [0.2, 0.25) is 6.10 Å². The van der Waals surface area contributed by atoms with E-state index in [0.717, 1.165) is 35.3 Å². The lowest BCUT2D eigenvalue weighted by atomic mass is 9.93. The molecule has 3 aromatic rings. The van der Waals surface area contributed by atoms with Crippen LogP contribution in [0.1, 0.15) is 94.8 Å². The molecule has 0 bridgehead atoms. The zero-order valence-corrected chi connectivity index (χ0v) is 25.7. The van der Waals surface area contributed by atoms with Crippen LogP contribution in [-0.4, -0.2) is 31.0 Å². The molecule has 1 atom stereocenters. The van der Waals surface area contributed by atoms with Crippen LogP contribution >= 0.6 is 0 Å². The molecule has 3 rings (SSSR count). The van der Waals surface area contributed by atoms with Crippen LogP contribution in [0.2, 0.25) is 0 Å². The molecule has 1 unspecified atom stereocenters. The highest BCUT2D eigenvalue weighted by Crippen LogP contribution is 2.34. The Hall–Kier alpha value is -3.81. The van der Waals surface area contributed by atoms with E-state index in [1.54, 1.807) is 19.1 Å². The molecular formula is C36H43F3O5. The third-order valence-corrected chi connectivity index (χ3v) is 7.37. The highest BCUT2D eigenvalue weighted by molar-refractivity contribution is 5.98. The summed E-state index contributed by atoms with van der Waals surface area (Å²) in [5.41, 5.74) is 3.21. The fourth-order valence-electron chi connectivity index (χ4n) is 4.89. The molecule has 0 saturated heterocycles. The molecular weight excluding hydrogens is 569 g/mol. The largest absolute Gasteiger partial charge is 0.517 e. The first kappa shape index (κ1) is 34.7. The Kier molecular flexibility index (Phi) is 14.3. The lowest BCUT2D eigenvalue weighted by molar-refractivity contribution is -0.209. The molecule has 5 nitrogen and oxygen atoms in total. The smallest absolute Gasteiger partial charge is 0.494 e. The van der Waals surface area contributed by atoms with Crippen molar-refractivity contribution >= 4 is 12.1 Å². The number of carbonyl (C=O) groups is 2. The molecule has 0 amide bonds. The van der Waals surface area contributed by atoms with Crippen LogP contribution in [0, 0.1) is 0 Å². The lowest BCUT2D eigenvalue weighted by Crippen LogP contribution is -2.34. The molecule has 44 heavy (non-hydrogen) atoms. The van der Waals surface area contributed by atoms with Crippen molar-refractivity contribution < 1.29 is 37.0 Å². The Labute approximate surface area is 258 Å². The van der Waals surface area contributed by atoms with Gasteiger partial charge in [0.25, 0.3) is 0 Å². The molecule has 0 aromatic heterocycles. The molecule has 0 fully saturated rings. The molecule has 0 aliphatic carbocycles. The topological polar surface area (TPSA) is 61.8 Å². The van der Waals surface area contributed by atoms with Gasteiger partial charge in [-0.05, 0) is 65.8 Å². The van der Waals surface area contributed by atoms with Crippen molar-refractivity contribution in [3.8, 4) is 28.0 Å². The SMILES string of the molecule is CCCCCCCCCCOc1ccc(-c2ccc(C(=O)OC(=O)OC(CCCC)C(F)(F)F)cc2-c2ccccc2)cc1. The number of hydrogen-bond donors (Lipinski definition) is 0. The van der Waals surface area contributed by atoms with E-state index in [4.69, 9.17) is 4.74 Å². The van der Waals surface area contributed by atoms with Crippen LogP contribution in [0.25, 0.3) is 22.3 Å². The molecule has 3 aromatic carbocycles. The number of hydrogen-bond acceptors (Lipinski definition) is 5. The number of esters is 1. The second-order valence-corrected chi connectivity index (χ2v) is 10.9. The van der Waals surface area contributed by atoms with Gasteiger partial charge in [0.1, 0.15) is 5.75 Å². The van der Waals surface area contributed by atoms with E-state index >= 15 is 0 Å². The number of carbonyl (C=O) groups excluding carboxylic acids is 2. The number of alkyl halides is 3. The number of unbranched alkanes of at least 4 members (excludes halogenated alkanes) is 8. The molecule has 0 spiro atoms. The summed E-state index contributed by atoms with van der Waals surface area (Å²) in [6.45, 7) is 4.61. The summed E-state index contributed by atoms with van der Waals surface area (Å²) in [4.78, 5) is 24.9. The van der Waals surface area contributed by atoms with Gasteiger partial charge in [-0.15, -0.1) is 0 Å². The average molecular weight is 613 g/mol. The van der Waals surface area contributed by atoms with Crippen LogP contribution in [-0.2, 0) is 9.47 Å². The van der Waals surface area contributed by atoms with Gasteiger partial charge in [-0.25, -0.2) is 9.59 Å². The summed E-state index contributed by atoms with van der Waals surface area (Å²) in [6, 6.07) is 21.8. The molecule has 0 heterocycles. The van der Waals surface area contributed by atoms with Crippen molar-refractivity contribution in [3.05, 3.63) is 78.4 Å². The minimum Gasteiger partial charge on any atom is -0.494 e. The predicted molar refractivity (Wildman–Crippen MR) is 167 cm³/mol. The predicted octanol–water partition coefficient (Wildman–Crippen LogP) is 11.0. The van der Waals surface area contributed by atoms with Gasteiger partial charge < -0.3 is 14.2 Å². The second-order valence-electron chi connectivity index (χ2n) is 10.9. The van der Waals surface area contributed by atoms with E-state index in [2.05, 4.69) is 16.4 Å². The van der Waals surface area contributed by atoms with Gasteiger partial charge in [0, 0.05) is 0 Å². The van der Waals surface area contributed by atoms with Gasteiger partial charge in [-0.1, -0.05) is 114 Å². The Morgan fingerprint density at radius 3 is 1.95 bits per heavy atom. The van der Waals surface area contributed by atoms with Crippen molar-refractivity contribution in [1.29, 1.82) is 0 Å². The summed E-state index contributed by atoms with van der Waals surface area (Å²) in [5, 5.41) is 0. The fourth-order valence-corrected chi connectivity index (χ4v) is 4.89. The van der Waals surface area contributed by atoms with Crippen molar-refractivity contribution in [2.45, 2.75) is 96.8 Å². The Morgan fingerprint density at radius 1 is 0.705 bits per heavy atom. The van der Waals surface area contributed by atoms with E-state index in [-0.39, 0.29) is 12.0 Å². The second kappa shape index (κ2) is 18.1. The molecule has 8 heteroatoms. The third-order valence-electron chi connectivity index (χ3n) is 7.37. The van der Waals surface area contributed by atoms with Crippen LogP contribution < -0.4 is 4.74 Å². The summed E-state index contributed by atoms with van der Waals surface area (Å²) in [7, 11) is 0. The molecule has 0 radical (unpaired) electrons. The summed E-state index contributed by atoms with van der Waals surface area (Å²) in [6.07, 6.45) is 1.38. The minimum atomic E-state index is -4.76. The van der Waals surface area contributed by atoms with Gasteiger partial charge in [-0.2, -0.15) is 13.2 Å². The molecule has 0 aliphatic rings. The van der Waals surface area contributed by atoms with Gasteiger partial charge in [0.05, 0.1) is 12.2 Å². The number of halogens is 3. The van der Waals surface area contributed by atoms with Crippen LogP contribution in [0.5, 0.6) is 5.75 Å². The van der Waals surface area contributed by atoms with Crippen molar-refractivity contribution in [2.75, 3.05) is 6.61 Å². The minimum absolute atomic E-state index is 0.00647. The van der Waals surface area contributed by atoms with E-state index in [1.165, 1.54) is 44.6 Å². The highest BCUT2D eigenvalue weighted by Gasteiger charge is 2.43. The maximum atomic E-state index is 13.3. The van der Waals surface area contributed by atoms with Crippen molar-refractivity contribution in [3.63, 3.8) is 0 Å². The number of ether oxygens (including phenoxy) is 3. The first-order valence-corrected chi connectivity index (χ1v) is 15.6. The first-order chi connectivity index (χ1) is 21.2. The average Bonchev–Trinajstić information content (AvgIpc) is 3.02. The molecule has 238 valence electrons. The van der Waals surface area contributed by atoms with Gasteiger partial charge >= 0.3 is 18.3 Å². The van der Waals surface area contributed by atoms with E-state index < -0.39 is 30.8 Å². The normalized spacial score (nSPS) is 12.0. The van der Waals surface area contributed by atoms with E-state index in [1.807, 2.05) is 54.6 Å². The maximum absolute atomic E-state index is 13.3.